The van der Waals surface area contributed by atoms with Crippen LogP contribution in [0.5, 0.6) is 0 Å². The number of hydrogen-bond donors (Lipinski definition) is 1. The Morgan fingerprint density at radius 1 is 1.10 bits per heavy atom. The predicted molar refractivity (Wildman–Crippen MR) is 116 cm³/mol. The van der Waals surface area contributed by atoms with Gasteiger partial charge in [0.15, 0.2) is 0 Å². The van der Waals surface area contributed by atoms with Gasteiger partial charge in [0.1, 0.15) is 6.04 Å². The van der Waals surface area contributed by atoms with Crippen molar-refractivity contribution in [2.75, 3.05) is 11.4 Å². The minimum absolute atomic E-state index is 0.0249. The van der Waals surface area contributed by atoms with Gasteiger partial charge in [0, 0.05) is 30.1 Å². The molecule has 1 N–H and O–H groups in total. The Hall–Kier alpha value is -3.41. The third-order valence-corrected chi connectivity index (χ3v) is 5.59. The maximum atomic E-state index is 13.1. The Bertz CT molecular complexity index is 1070. The monoisotopic (exact) mass is 403 g/mol. The van der Waals surface area contributed by atoms with E-state index in [-0.39, 0.29) is 24.1 Å². The predicted octanol–water partition coefficient (Wildman–Crippen LogP) is 3.67. The van der Waals surface area contributed by atoms with Gasteiger partial charge in [-0.15, -0.1) is 0 Å². The molecule has 0 bridgehead atoms. The number of imide groups is 1. The van der Waals surface area contributed by atoms with Crippen molar-refractivity contribution >= 4 is 34.3 Å². The molecule has 154 valence electrons. The number of para-hydroxylation sites is 2. The Morgan fingerprint density at radius 3 is 2.60 bits per heavy atom. The van der Waals surface area contributed by atoms with E-state index in [0.29, 0.717) is 31.5 Å². The fraction of sp³-hybridized carbons (Fsp3) is 0.292. The van der Waals surface area contributed by atoms with Crippen LogP contribution in [-0.2, 0) is 20.8 Å². The number of H-pyrrole nitrogens is 1. The zero-order valence-electron chi connectivity index (χ0n) is 17.0. The van der Waals surface area contributed by atoms with Crippen LogP contribution in [0, 0.1) is 0 Å². The molecular weight excluding hydrogens is 378 g/mol. The zero-order valence-corrected chi connectivity index (χ0v) is 17.0. The Morgan fingerprint density at radius 2 is 1.83 bits per heavy atom. The van der Waals surface area contributed by atoms with Crippen LogP contribution >= 0.6 is 0 Å². The van der Waals surface area contributed by atoms with Gasteiger partial charge in [-0.2, -0.15) is 0 Å². The van der Waals surface area contributed by atoms with Gasteiger partial charge in [-0.1, -0.05) is 43.3 Å². The highest BCUT2D eigenvalue weighted by molar-refractivity contribution is 6.23. The van der Waals surface area contributed by atoms with E-state index in [1.54, 1.807) is 29.2 Å². The van der Waals surface area contributed by atoms with Crippen molar-refractivity contribution in [2.24, 2.45) is 0 Å². The van der Waals surface area contributed by atoms with E-state index in [9.17, 15) is 14.4 Å². The van der Waals surface area contributed by atoms with Crippen LogP contribution < -0.4 is 4.90 Å². The number of aromatic amines is 1. The topological polar surface area (TPSA) is 73.5 Å². The van der Waals surface area contributed by atoms with E-state index in [1.807, 2.05) is 43.5 Å². The van der Waals surface area contributed by atoms with Gasteiger partial charge in [0.25, 0.3) is 5.91 Å². The van der Waals surface area contributed by atoms with Crippen LogP contribution in [0.2, 0.25) is 0 Å². The third-order valence-electron chi connectivity index (χ3n) is 5.59. The summed E-state index contributed by atoms with van der Waals surface area (Å²) >= 11 is 0. The zero-order chi connectivity index (χ0) is 21.1. The Kier molecular flexibility index (Phi) is 5.65. The second-order valence-corrected chi connectivity index (χ2v) is 7.57. The first-order valence-electron chi connectivity index (χ1n) is 10.4. The van der Waals surface area contributed by atoms with Gasteiger partial charge >= 0.3 is 0 Å². The first-order valence-corrected chi connectivity index (χ1v) is 10.4. The number of nitrogens with one attached hydrogen (secondary N) is 1. The summed E-state index contributed by atoms with van der Waals surface area (Å²) in [7, 11) is 0. The van der Waals surface area contributed by atoms with Gasteiger partial charge in [-0.3, -0.25) is 14.4 Å². The van der Waals surface area contributed by atoms with Gasteiger partial charge in [-0.25, -0.2) is 4.90 Å². The van der Waals surface area contributed by atoms with E-state index in [4.69, 9.17) is 0 Å². The smallest absolute Gasteiger partial charge is 0.257 e. The lowest BCUT2D eigenvalue weighted by molar-refractivity contribution is -0.138. The molecule has 4 rings (SSSR count). The van der Waals surface area contributed by atoms with Crippen LogP contribution in [0.15, 0.2) is 60.8 Å². The molecule has 1 aliphatic rings. The summed E-state index contributed by atoms with van der Waals surface area (Å²) in [5.41, 5.74) is 2.69. The molecule has 0 aliphatic carbocycles. The molecule has 3 aromatic rings. The molecule has 30 heavy (non-hydrogen) atoms. The van der Waals surface area contributed by atoms with Gasteiger partial charge < -0.3 is 9.88 Å². The van der Waals surface area contributed by atoms with Crippen LogP contribution in [0.25, 0.3) is 10.9 Å². The number of carbonyl (C=O) groups excluding carboxylic acids is 3. The minimum atomic E-state index is -0.748. The molecule has 0 saturated carbocycles. The number of hydrogen-bond acceptors (Lipinski definition) is 3. The summed E-state index contributed by atoms with van der Waals surface area (Å²) in [6, 6.07) is 16.2. The number of fused-ring (bicyclic) bond motifs is 1. The molecule has 1 saturated heterocycles. The number of nitrogens with zero attached hydrogens (tertiary/aromatic N) is 2. The average Bonchev–Trinajstić information content (AvgIpc) is 3.30. The van der Waals surface area contributed by atoms with Crippen LogP contribution in [0.1, 0.15) is 31.7 Å². The van der Waals surface area contributed by atoms with Crippen molar-refractivity contribution in [1.82, 2.24) is 9.88 Å². The van der Waals surface area contributed by atoms with Crippen molar-refractivity contribution in [2.45, 2.75) is 38.6 Å². The summed E-state index contributed by atoms with van der Waals surface area (Å²) < 4.78 is 0. The second-order valence-electron chi connectivity index (χ2n) is 7.57. The molecule has 0 spiro atoms. The maximum Gasteiger partial charge on any atom is 0.257 e. The first kappa shape index (κ1) is 19.9. The highest BCUT2D eigenvalue weighted by atomic mass is 16.2. The van der Waals surface area contributed by atoms with Crippen molar-refractivity contribution in [3.05, 3.63) is 66.4 Å². The van der Waals surface area contributed by atoms with Crippen LogP contribution in [-0.4, -0.2) is 40.2 Å². The maximum absolute atomic E-state index is 13.1. The van der Waals surface area contributed by atoms with Crippen LogP contribution in [0.3, 0.4) is 0 Å². The molecule has 2 heterocycles. The highest BCUT2D eigenvalue weighted by Gasteiger charge is 2.43. The molecule has 6 heteroatoms. The summed E-state index contributed by atoms with van der Waals surface area (Å²) in [5.74, 6) is -0.675. The molecule has 1 aliphatic heterocycles. The number of benzene rings is 2. The van der Waals surface area contributed by atoms with Gasteiger partial charge in [-0.05, 0) is 36.6 Å². The van der Waals surface area contributed by atoms with Crippen molar-refractivity contribution in [3.63, 3.8) is 0 Å². The number of carbonyl (C=O) groups is 3. The number of rotatable bonds is 7. The number of anilines is 1. The number of amides is 3. The second kappa shape index (κ2) is 8.53. The highest BCUT2D eigenvalue weighted by Crippen LogP contribution is 2.27. The molecule has 1 aromatic heterocycles. The van der Waals surface area contributed by atoms with Crippen molar-refractivity contribution < 1.29 is 14.4 Å². The molecule has 1 atom stereocenters. The average molecular weight is 403 g/mol. The quantitative estimate of drug-likeness (QED) is 0.612. The molecule has 2 aromatic carbocycles. The SMILES string of the molecule is CCCC(=O)N(CCc1c[nH]c2ccccc12)C1CC(=O)N(c2ccccc2)C1=O. The lowest BCUT2D eigenvalue weighted by Gasteiger charge is -2.27. The number of aromatic nitrogens is 1. The van der Waals surface area contributed by atoms with E-state index in [2.05, 4.69) is 4.98 Å². The first-order chi connectivity index (χ1) is 14.6. The lowest BCUT2D eigenvalue weighted by atomic mass is 10.1. The van der Waals surface area contributed by atoms with E-state index >= 15 is 0 Å². The standard InChI is InChI=1S/C24H25N3O3/c1-2-8-22(28)26(14-13-17-16-25-20-12-7-6-11-19(17)20)21-15-23(29)27(24(21)30)18-9-4-3-5-10-18/h3-7,9-12,16,21,25H,2,8,13-15H2,1H3. The van der Waals surface area contributed by atoms with E-state index in [0.717, 1.165) is 16.5 Å². The normalized spacial score (nSPS) is 16.4. The third kappa shape index (κ3) is 3.73. The lowest BCUT2D eigenvalue weighted by Crippen LogP contribution is -2.46. The summed E-state index contributed by atoms with van der Waals surface area (Å²) in [4.78, 5) is 44.7. The minimum Gasteiger partial charge on any atom is -0.361 e. The summed E-state index contributed by atoms with van der Waals surface area (Å²) in [6.45, 7) is 2.33. The molecular formula is C24H25N3O3. The van der Waals surface area contributed by atoms with Gasteiger partial charge in [0.2, 0.25) is 11.8 Å². The Labute approximate surface area is 175 Å². The fourth-order valence-corrected chi connectivity index (χ4v) is 4.10. The van der Waals surface area contributed by atoms with Crippen LogP contribution in [0.4, 0.5) is 5.69 Å². The Balaban J connectivity index is 1.57. The fourth-order valence-electron chi connectivity index (χ4n) is 4.10. The van der Waals surface area contributed by atoms with Crippen molar-refractivity contribution in [1.29, 1.82) is 0 Å². The largest absolute Gasteiger partial charge is 0.361 e. The van der Waals surface area contributed by atoms with E-state index in [1.165, 1.54) is 4.90 Å². The summed E-state index contributed by atoms with van der Waals surface area (Å²) in [5, 5.41) is 1.11. The summed E-state index contributed by atoms with van der Waals surface area (Å²) in [6.07, 6.45) is 3.64. The molecule has 3 amide bonds. The van der Waals surface area contributed by atoms with Gasteiger partial charge in [0.05, 0.1) is 12.1 Å². The molecule has 6 nitrogen and oxygen atoms in total. The molecule has 1 unspecified atom stereocenters. The van der Waals surface area contributed by atoms with Crippen molar-refractivity contribution in [3.8, 4) is 0 Å². The molecule has 0 radical (unpaired) electrons. The van der Waals surface area contributed by atoms with E-state index < -0.39 is 6.04 Å². The molecule has 1 fully saturated rings.